The number of carbonyl (C=O) groups is 1. The van der Waals surface area contributed by atoms with Crippen LogP contribution in [0.4, 0.5) is 0 Å². The van der Waals surface area contributed by atoms with Crippen LogP contribution in [-0.4, -0.2) is 6.79 Å². The Morgan fingerprint density at radius 1 is 0.692 bits per heavy atom. The molecule has 0 fully saturated rings. The first-order valence-corrected chi connectivity index (χ1v) is 3.59. The molecular weight excluding hydrogens is 437 g/mol. The largest absolute Gasteiger partial charge is 2.00 e. The van der Waals surface area contributed by atoms with Crippen molar-refractivity contribution in [2.75, 3.05) is 0 Å². The van der Waals surface area contributed by atoms with Crippen molar-refractivity contribution in [2.24, 2.45) is 0 Å². The van der Waals surface area contributed by atoms with Crippen LogP contribution in [0.1, 0.15) is 25.7 Å². The molecule has 1 aliphatic carbocycles. The van der Waals surface area contributed by atoms with E-state index < -0.39 is 0 Å². The molecule has 0 spiro atoms. The molecule has 1 rings (SSSR count). The molecule has 1 nitrogen and oxygen atoms in total. The van der Waals surface area contributed by atoms with Gasteiger partial charge in [0.05, 0.1) is 0 Å². The van der Waals surface area contributed by atoms with Crippen LogP contribution in [0, 0.1) is 0 Å². The van der Waals surface area contributed by atoms with Crippen molar-refractivity contribution in [3.8, 4) is 0 Å². The van der Waals surface area contributed by atoms with E-state index in [9.17, 15) is 0 Å². The number of allylic oxidation sites excluding steroid dienone is 4. The molecule has 0 bridgehead atoms. The van der Waals surface area contributed by atoms with Crippen LogP contribution in [0.5, 0.6) is 0 Å². The van der Waals surface area contributed by atoms with Crippen molar-refractivity contribution < 1.29 is 69.5 Å². The fourth-order valence-corrected chi connectivity index (χ4v) is 0.856. The summed E-state index contributed by atoms with van der Waals surface area (Å²) in [6.07, 6.45) is 14.0. The predicted molar refractivity (Wildman–Crippen MR) is 43.9 cm³/mol. The molecule has 0 heterocycles. The average molecular weight is 451 g/mol. The molecule has 13 heavy (non-hydrogen) atoms. The van der Waals surface area contributed by atoms with Gasteiger partial charge in [-0.2, -0.15) is 0 Å². The number of carbonyl (C=O) groups excluding carboxylic acids is 1. The Kier molecular flexibility index (Phi) is 42.3. The van der Waals surface area contributed by atoms with Crippen LogP contribution in [0.25, 0.3) is 0 Å². The molecule has 0 aliphatic heterocycles. The van der Waals surface area contributed by atoms with E-state index in [0.717, 1.165) is 0 Å². The standard InChI is InChI=1S/C8H12.CH2O.Co.2HI/c1-2-4-6-8-7-5-3-1;1-2;;;/h1-2,7-8H,3-6H2;1H2;;2*1H/q;;+2;;/p-2. The van der Waals surface area contributed by atoms with Gasteiger partial charge in [0.1, 0.15) is 6.79 Å². The maximum absolute atomic E-state index is 8.00. The molecule has 4 heteroatoms. The summed E-state index contributed by atoms with van der Waals surface area (Å²) in [5.41, 5.74) is 0. The van der Waals surface area contributed by atoms with E-state index in [-0.39, 0.29) is 64.7 Å². The van der Waals surface area contributed by atoms with Crippen LogP contribution in [0.3, 0.4) is 0 Å². The van der Waals surface area contributed by atoms with Crippen molar-refractivity contribution in [1.82, 2.24) is 0 Å². The molecule has 79 valence electrons. The average Bonchev–Trinajstić information content (AvgIpc) is 1.90. The third-order valence-corrected chi connectivity index (χ3v) is 1.33. The molecule has 1 aliphatic rings. The fourth-order valence-electron chi connectivity index (χ4n) is 0.856. The molecule has 0 unspecified atom stereocenters. The Bertz CT molecular complexity index is 101. The van der Waals surface area contributed by atoms with Gasteiger partial charge in [0.25, 0.3) is 0 Å². The minimum atomic E-state index is 0. The van der Waals surface area contributed by atoms with Crippen molar-refractivity contribution in [1.29, 1.82) is 0 Å². The Labute approximate surface area is 125 Å². The molecule has 0 N–H and O–H groups in total. The second kappa shape index (κ2) is 23.2. The van der Waals surface area contributed by atoms with E-state index in [2.05, 4.69) is 24.3 Å². The minimum absolute atomic E-state index is 0. The Morgan fingerprint density at radius 2 is 0.846 bits per heavy atom. The maximum Gasteiger partial charge on any atom is 2.00 e. The first kappa shape index (κ1) is 23.7. The van der Waals surface area contributed by atoms with Gasteiger partial charge in [-0.1, -0.05) is 24.3 Å². The molecule has 0 atom stereocenters. The van der Waals surface area contributed by atoms with Crippen LogP contribution in [-0.2, 0) is 21.6 Å². The third kappa shape index (κ3) is 19.5. The zero-order valence-electron chi connectivity index (χ0n) is 7.34. The monoisotopic (exact) mass is 451 g/mol. The first-order chi connectivity index (χ1) is 5.00. The van der Waals surface area contributed by atoms with E-state index in [1.165, 1.54) is 25.7 Å². The molecule has 0 aromatic heterocycles. The van der Waals surface area contributed by atoms with Gasteiger partial charge >= 0.3 is 16.8 Å². The number of hydrogen-bond donors (Lipinski definition) is 0. The quantitative estimate of drug-likeness (QED) is 0.276. The summed E-state index contributed by atoms with van der Waals surface area (Å²) < 4.78 is 0. The topological polar surface area (TPSA) is 17.1 Å². The number of halogens is 2. The zero-order valence-corrected chi connectivity index (χ0v) is 12.7. The summed E-state index contributed by atoms with van der Waals surface area (Å²) in [7, 11) is 0. The second-order valence-corrected chi connectivity index (χ2v) is 2.10. The predicted octanol–water partition coefficient (Wildman–Crippen LogP) is -3.51. The summed E-state index contributed by atoms with van der Waals surface area (Å²) >= 11 is 0. The van der Waals surface area contributed by atoms with Gasteiger partial charge < -0.3 is 52.7 Å². The van der Waals surface area contributed by atoms with Gasteiger partial charge in [-0.3, -0.25) is 0 Å². The van der Waals surface area contributed by atoms with Gasteiger partial charge in [0.15, 0.2) is 0 Å². The molecule has 0 saturated carbocycles. The van der Waals surface area contributed by atoms with E-state index in [1.54, 1.807) is 0 Å². The first-order valence-electron chi connectivity index (χ1n) is 3.59. The smallest absolute Gasteiger partial charge is 1.00 e. The van der Waals surface area contributed by atoms with E-state index in [4.69, 9.17) is 4.79 Å². The molecular formula is C9H14CoI2O. The van der Waals surface area contributed by atoms with Crippen molar-refractivity contribution in [3.63, 3.8) is 0 Å². The zero-order chi connectivity index (χ0) is 7.66. The maximum atomic E-state index is 8.00. The van der Waals surface area contributed by atoms with Gasteiger partial charge in [-0.15, -0.1) is 0 Å². The Morgan fingerprint density at radius 3 is 1.00 bits per heavy atom. The van der Waals surface area contributed by atoms with Crippen LogP contribution in [0.2, 0.25) is 0 Å². The number of rotatable bonds is 0. The van der Waals surface area contributed by atoms with E-state index in [1.807, 2.05) is 6.79 Å². The molecule has 1 radical (unpaired) electrons. The van der Waals surface area contributed by atoms with Crippen LogP contribution < -0.4 is 48.0 Å². The summed E-state index contributed by atoms with van der Waals surface area (Å²) in [6.45, 7) is 2.00. The molecule has 0 amide bonds. The fraction of sp³-hybridized carbons (Fsp3) is 0.444. The van der Waals surface area contributed by atoms with Gasteiger partial charge in [0, 0.05) is 0 Å². The number of hydrogen-bond acceptors (Lipinski definition) is 1. The molecule has 0 aromatic carbocycles. The van der Waals surface area contributed by atoms with Gasteiger partial charge in [0.2, 0.25) is 0 Å². The second-order valence-electron chi connectivity index (χ2n) is 2.10. The Balaban J connectivity index is -0.0000000761. The minimum Gasteiger partial charge on any atom is -1.00 e. The molecule has 0 aromatic rings. The SMILES string of the molecule is C1=CCCC=CCC1.C=O.[Co+2].[I-].[I-]. The molecule has 0 saturated heterocycles. The van der Waals surface area contributed by atoms with E-state index in [0.29, 0.717) is 0 Å². The van der Waals surface area contributed by atoms with Crippen molar-refractivity contribution >= 4 is 6.79 Å². The summed E-state index contributed by atoms with van der Waals surface area (Å²) in [6, 6.07) is 0. The van der Waals surface area contributed by atoms with Crippen LogP contribution >= 0.6 is 0 Å². The normalized spacial score (nSPS) is 12.6. The van der Waals surface area contributed by atoms with Crippen LogP contribution in [0.15, 0.2) is 24.3 Å². The van der Waals surface area contributed by atoms with Crippen molar-refractivity contribution in [3.05, 3.63) is 24.3 Å². The van der Waals surface area contributed by atoms with Gasteiger partial charge in [-0.25, -0.2) is 0 Å². The third-order valence-electron chi connectivity index (χ3n) is 1.33. The Hall–Kier alpha value is 1.12. The summed E-state index contributed by atoms with van der Waals surface area (Å²) in [5, 5.41) is 0. The summed E-state index contributed by atoms with van der Waals surface area (Å²) in [4.78, 5) is 8.00. The van der Waals surface area contributed by atoms with Crippen molar-refractivity contribution in [2.45, 2.75) is 25.7 Å². The summed E-state index contributed by atoms with van der Waals surface area (Å²) in [5.74, 6) is 0. The van der Waals surface area contributed by atoms with Gasteiger partial charge in [-0.05, 0) is 25.7 Å². The van der Waals surface area contributed by atoms with E-state index >= 15 is 0 Å².